The minimum absolute atomic E-state index is 0.190. The van der Waals surface area contributed by atoms with Crippen molar-refractivity contribution in [2.24, 2.45) is 0 Å². The van der Waals surface area contributed by atoms with Crippen molar-refractivity contribution in [3.63, 3.8) is 0 Å². The molecule has 2 N–H and O–H groups in total. The number of hydrogen-bond donors (Lipinski definition) is 2. The van der Waals surface area contributed by atoms with Gasteiger partial charge in [0.1, 0.15) is 25.7 Å². The van der Waals surface area contributed by atoms with E-state index in [1.54, 1.807) is 15.9 Å². The van der Waals surface area contributed by atoms with Crippen molar-refractivity contribution in [2.75, 3.05) is 46.4 Å². The lowest BCUT2D eigenvalue weighted by atomic mass is 10.1. The summed E-state index contributed by atoms with van der Waals surface area (Å²) in [6.45, 7) is 8.00. The highest BCUT2D eigenvalue weighted by Crippen LogP contribution is 2.20. The van der Waals surface area contributed by atoms with Crippen molar-refractivity contribution in [2.45, 2.75) is 13.0 Å². The molecular formula is C18H27N6OS+. The monoisotopic (exact) mass is 375 g/mol. The first-order valence-corrected chi connectivity index (χ1v) is 9.43. The number of thiocarbonyl (C=S) groups is 1. The highest BCUT2D eigenvalue weighted by Gasteiger charge is 2.16. The summed E-state index contributed by atoms with van der Waals surface area (Å²) in [4.78, 5) is 7.66. The van der Waals surface area contributed by atoms with Crippen LogP contribution < -0.4 is 10.2 Å². The molecule has 0 spiro atoms. The molecule has 0 unspecified atom stereocenters. The maximum absolute atomic E-state index is 5.57. The molecule has 3 rings (SSSR count). The first-order valence-electron chi connectivity index (χ1n) is 9.02. The first-order chi connectivity index (χ1) is 12.6. The number of ether oxygens (including phenoxy) is 1. The summed E-state index contributed by atoms with van der Waals surface area (Å²) < 4.78 is 7.14. The molecule has 1 aromatic carbocycles. The van der Waals surface area contributed by atoms with E-state index in [0.717, 1.165) is 50.2 Å². The fourth-order valence-corrected chi connectivity index (χ4v) is 3.29. The standard InChI is InChI=1S/C18H26N6OS/c1-15(16-3-5-17(6-4-16)24-14-19-13-21-24)22(2)18(26)20-7-8-23-9-11-25-12-10-23/h3-6,13-15H,7-12H2,1-2H3,(H,20,26)/p+1/t15-/m0/s1. The van der Waals surface area contributed by atoms with Crippen molar-refractivity contribution < 1.29 is 9.64 Å². The second-order valence-electron chi connectivity index (χ2n) is 6.56. The largest absolute Gasteiger partial charge is 0.370 e. The molecule has 140 valence electrons. The Bertz CT molecular complexity index is 684. The Morgan fingerprint density at radius 1 is 1.35 bits per heavy atom. The van der Waals surface area contributed by atoms with Gasteiger partial charge in [-0.25, -0.2) is 9.67 Å². The third-order valence-corrected chi connectivity index (χ3v) is 5.35. The Balaban J connectivity index is 1.49. The summed E-state index contributed by atoms with van der Waals surface area (Å²) in [5.74, 6) is 0. The van der Waals surface area contributed by atoms with Crippen molar-refractivity contribution in [3.8, 4) is 5.69 Å². The topological polar surface area (TPSA) is 59.7 Å². The SMILES string of the molecule is C[C@@H](c1ccc(-n2cncn2)cc1)N(C)C(=S)NCC[NH+]1CCOCC1. The number of benzene rings is 1. The van der Waals surface area contributed by atoms with Crippen LogP contribution in [-0.2, 0) is 4.74 Å². The van der Waals surface area contributed by atoms with Crippen LogP contribution in [0.4, 0.5) is 0 Å². The minimum Gasteiger partial charge on any atom is -0.370 e. The van der Waals surface area contributed by atoms with E-state index in [2.05, 4.69) is 39.4 Å². The molecule has 1 saturated heterocycles. The third kappa shape index (κ3) is 4.78. The molecule has 2 aromatic rings. The molecule has 26 heavy (non-hydrogen) atoms. The zero-order valence-corrected chi connectivity index (χ0v) is 16.2. The maximum Gasteiger partial charge on any atom is 0.169 e. The van der Waals surface area contributed by atoms with Gasteiger partial charge in [-0.05, 0) is 36.8 Å². The molecule has 0 amide bonds. The summed E-state index contributed by atoms with van der Waals surface area (Å²) in [5.41, 5.74) is 2.20. The van der Waals surface area contributed by atoms with Crippen molar-refractivity contribution in [3.05, 3.63) is 42.5 Å². The highest BCUT2D eigenvalue weighted by atomic mass is 32.1. The molecule has 1 aliphatic rings. The highest BCUT2D eigenvalue weighted by molar-refractivity contribution is 7.80. The van der Waals surface area contributed by atoms with Crippen LogP contribution in [0, 0.1) is 0 Å². The van der Waals surface area contributed by atoms with Crippen LogP contribution in [0.15, 0.2) is 36.9 Å². The average Bonchev–Trinajstić information content (AvgIpc) is 3.22. The number of quaternary nitrogens is 1. The molecule has 0 saturated carbocycles. The van der Waals surface area contributed by atoms with Gasteiger partial charge in [0.15, 0.2) is 5.11 Å². The van der Waals surface area contributed by atoms with Gasteiger partial charge in [0.2, 0.25) is 0 Å². The Morgan fingerprint density at radius 2 is 2.08 bits per heavy atom. The Hall–Kier alpha value is -2.03. The van der Waals surface area contributed by atoms with Crippen LogP contribution in [0.5, 0.6) is 0 Å². The number of rotatable bonds is 6. The zero-order chi connectivity index (χ0) is 18.4. The predicted octanol–water partition coefficient (Wildman–Crippen LogP) is 0.0497. The summed E-state index contributed by atoms with van der Waals surface area (Å²) in [6.07, 6.45) is 3.23. The lowest BCUT2D eigenvalue weighted by Gasteiger charge is -2.29. The molecule has 0 radical (unpaired) electrons. The minimum atomic E-state index is 0.190. The molecule has 7 nitrogen and oxygen atoms in total. The normalized spacial score (nSPS) is 16.2. The summed E-state index contributed by atoms with van der Waals surface area (Å²) in [5, 5.41) is 8.32. The smallest absolute Gasteiger partial charge is 0.169 e. The van der Waals surface area contributed by atoms with Crippen LogP contribution in [0.25, 0.3) is 5.69 Å². The predicted molar refractivity (Wildman–Crippen MR) is 105 cm³/mol. The Morgan fingerprint density at radius 3 is 2.73 bits per heavy atom. The number of morpholine rings is 1. The van der Waals surface area contributed by atoms with E-state index in [-0.39, 0.29) is 6.04 Å². The lowest BCUT2D eigenvalue weighted by Crippen LogP contribution is -3.14. The molecule has 1 aromatic heterocycles. The molecule has 0 aliphatic carbocycles. The van der Waals surface area contributed by atoms with E-state index >= 15 is 0 Å². The van der Waals surface area contributed by atoms with Crippen molar-refractivity contribution in [1.82, 2.24) is 25.0 Å². The van der Waals surface area contributed by atoms with Crippen LogP contribution in [0.1, 0.15) is 18.5 Å². The van der Waals surface area contributed by atoms with E-state index in [1.807, 2.05) is 19.2 Å². The van der Waals surface area contributed by atoms with Crippen molar-refractivity contribution in [1.29, 1.82) is 0 Å². The van der Waals surface area contributed by atoms with Gasteiger partial charge in [-0.2, -0.15) is 5.10 Å². The number of hydrogen-bond acceptors (Lipinski definition) is 4. The number of nitrogens with one attached hydrogen (secondary N) is 2. The van der Waals surface area contributed by atoms with E-state index in [9.17, 15) is 0 Å². The molecule has 2 heterocycles. The fraction of sp³-hybridized carbons (Fsp3) is 0.500. The quantitative estimate of drug-likeness (QED) is 0.696. The lowest BCUT2D eigenvalue weighted by molar-refractivity contribution is -0.906. The molecule has 8 heteroatoms. The zero-order valence-electron chi connectivity index (χ0n) is 15.4. The van der Waals surface area contributed by atoms with Crippen molar-refractivity contribution >= 4 is 17.3 Å². The second-order valence-corrected chi connectivity index (χ2v) is 6.95. The molecule has 1 aliphatic heterocycles. The average molecular weight is 376 g/mol. The fourth-order valence-electron chi connectivity index (χ4n) is 3.03. The summed E-state index contributed by atoms with van der Waals surface area (Å²) in [7, 11) is 2.03. The number of aromatic nitrogens is 3. The Labute approximate surface area is 160 Å². The Kier molecular flexibility index (Phi) is 6.54. The maximum atomic E-state index is 5.57. The van der Waals surface area contributed by atoms with Crippen LogP contribution in [0.3, 0.4) is 0 Å². The number of nitrogens with zero attached hydrogens (tertiary/aromatic N) is 4. The van der Waals surface area contributed by atoms with Gasteiger partial charge in [-0.1, -0.05) is 12.1 Å². The van der Waals surface area contributed by atoms with Crippen LogP contribution in [0.2, 0.25) is 0 Å². The summed E-state index contributed by atoms with van der Waals surface area (Å²) >= 11 is 5.57. The molecule has 1 atom stereocenters. The molecule has 1 fully saturated rings. The second kappa shape index (κ2) is 9.07. The van der Waals surface area contributed by atoms with Crippen LogP contribution >= 0.6 is 12.2 Å². The van der Waals surface area contributed by atoms with E-state index < -0.39 is 0 Å². The van der Waals surface area contributed by atoms with Gasteiger partial charge in [0.25, 0.3) is 0 Å². The van der Waals surface area contributed by atoms with Gasteiger partial charge in [-0.3, -0.25) is 0 Å². The third-order valence-electron chi connectivity index (χ3n) is 4.91. The van der Waals surface area contributed by atoms with Gasteiger partial charge in [0.05, 0.1) is 38.0 Å². The van der Waals surface area contributed by atoms with Gasteiger partial charge in [0, 0.05) is 7.05 Å². The summed E-state index contributed by atoms with van der Waals surface area (Å²) in [6, 6.07) is 8.51. The van der Waals surface area contributed by atoms with E-state index in [1.165, 1.54) is 11.9 Å². The van der Waals surface area contributed by atoms with Gasteiger partial charge < -0.3 is 19.9 Å². The van der Waals surface area contributed by atoms with E-state index in [4.69, 9.17) is 17.0 Å². The van der Waals surface area contributed by atoms with Gasteiger partial charge >= 0.3 is 0 Å². The molecule has 0 bridgehead atoms. The molecular weight excluding hydrogens is 348 g/mol. The van der Waals surface area contributed by atoms with Crippen LogP contribution in [-0.4, -0.2) is 71.2 Å². The van der Waals surface area contributed by atoms with E-state index in [0.29, 0.717) is 0 Å². The van der Waals surface area contributed by atoms with Gasteiger partial charge in [-0.15, -0.1) is 0 Å². The first kappa shape index (κ1) is 18.8.